The smallest absolute Gasteiger partial charge is 0.264 e. The highest BCUT2D eigenvalue weighted by Crippen LogP contribution is 2.23. The van der Waals surface area contributed by atoms with Gasteiger partial charge < -0.3 is 11.1 Å². The van der Waals surface area contributed by atoms with E-state index in [4.69, 9.17) is 5.73 Å². The van der Waals surface area contributed by atoms with Crippen LogP contribution in [-0.2, 0) is 9.59 Å². The normalized spacial score (nSPS) is 20.4. The van der Waals surface area contributed by atoms with Crippen molar-refractivity contribution in [2.24, 2.45) is 10.7 Å². The molecule has 0 saturated heterocycles. The Morgan fingerprint density at radius 2 is 2.20 bits per heavy atom. The summed E-state index contributed by atoms with van der Waals surface area (Å²) >= 11 is 3.33. The van der Waals surface area contributed by atoms with Gasteiger partial charge in [-0.2, -0.15) is 4.99 Å². The van der Waals surface area contributed by atoms with E-state index in [9.17, 15) is 9.59 Å². The van der Waals surface area contributed by atoms with Gasteiger partial charge in [-0.25, -0.2) is 0 Å². The fraction of sp³-hybridized carbons (Fsp3) is 0.357. The van der Waals surface area contributed by atoms with Crippen LogP contribution < -0.4 is 11.1 Å². The summed E-state index contributed by atoms with van der Waals surface area (Å²) in [5, 5.41) is 2.65. The van der Waals surface area contributed by atoms with Crippen molar-refractivity contribution in [2.75, 3.05) is 0 Å². The van der Waals surface area contributed by atoms with Crippen LogP contribution in [0.2, 0.25) is 0 Å². The number of benzene rings is 1. The van der Waals surface area contributed by atoms with E-state index in [-0.39, 0.29) is 11.7 Å². The Labute approximate surface area is 125 Å². The van der Waals surface area contributed by atoms with Gasteiger partial charge in [0.1, 0.15) is 11.8 Å². The molecule has 2 rings (SSSR count). The summed E-state index contributed by atoms with van der Waals surface area (Å²) in [6, 6.07) is 6.69. The van der Waals surface area contributed by atoms with E-state index in [1.807, 2.05) is 13.0 Å². The molecule has 20 heavy (non-hydrogen) atoms. The summed E-state index contributed by atoms with van der Waals surface area (Å²) in [6.07, 6.45) is 1.53. The monoisotopic (exact) mass is 337 g/mol. The van der Waals surface area contributed by atoms with Crippen molar-refractivity contribution < 1.29 is 9.59 Å². The number of nitrogens with one attached hydrogen (secondary N) is 1. The molecular formula is C14H16BrN3O2. The molecular weight excluding hydrogens is 322 g/mol. The molecule has 1 heterocycles. The molecule has 1 aliphatic rings. The minimum absolute atomic E-state index is 0.271. The molecule has 5 nitrogen and oxygen atoms in total. The molecule has 1 aliphatic heterocycles. The third-order valence-electron chi connectivity index (χ3n) is 3.12. The van der Waals surface area contributed by atoms with Crippen LogP contribution in [0, 0.1) is 0 Å². The third-order valence-corrected chi connectivity index (χ3v) is 3.62. The zero-order chi connectivity index (χ0) is 14.7. The van der Waals surface area contributed by atoms with Crippen LogP contribution in [0.15, 0.2) is 33.7 Å². The third kappa shape index (κ3) is 3.13. The van der Waals surface area contributed by atoms with Crippen molar-refractivity contribution >= 4 is 33.6 Å². The average molecular weight is 338 g/mol. The fourth-order valence-corrected chi connectivity index (χ4v) is 2.54. The van der Waals surface area contributed by atoms with Gasteiger partial charge in [-0.15, -0.1) is 0 Å². The molecule has 0 aromatic heterocycles. The number of rotatable bonds is 4. The Balaban J connectivity index is 2.27. The molecule has 1 aromatic carbocycles. The number of carbonyl (C=O) groups excluding carboxylic acids is 2. The lowest BCUT2D eigenvalue weighted by molar-refractivity contribution is -0.129. The first-order valence-electron chi connectivity index (χ1n) is 6.47. The van der Waals surface area contributed by atoms with Gasteiger partial charge in [-0.1, -0.05) is 41.4 Å². The van der Waals surface area contributed by atoms with Crippen molar-refractivity contribution in [3.8, 4) is 0 Å². The number of amidine groups is 1. The van der Waals surface area contributed by atoms with Gasteiger partial charge in [-0.05, 0) is 24.1 Å². The molecule has 106 valence electrons. The maximum atomic E-state index is 12.2. The lowest BCUT2D eigenvalue weighted by atomic mass is 9.95. The Bertz CT molecular complexity index is 571. The summed E-state index contributed by atoms with van der Waals surface area (Å²) in [5.41, 5.74) is 6.51. The van der Waals surface area contributed by atoms with E-state index in [0.29, 0.717) is 12.0 Å². The average Bonchev–Trinajstić information content (AvgIpc) is 2.38. The van der Waals surface area contributed by atoms with Gasteiger partial charge in [0, 0.05) is 4.47 Å². The predicted octanol–water partition coefficient (Wildman–Crippen LogP) is 1.71. The van der Waals surface area contributed by atoms with Gasteiger partial charge >= 0.3 is 0 Å². The lowest BCUT2D eigenvalue weighted by Gasteiger charge is -2.23. The quantitative estimate of drug-likeness (QED) is 0.820. The van der Waals surface area contributed by atoms with E-state index < -0.39 is 17.9 Å². The van der Waals surface area contributed by atoms with E-state index in [0.717, 1.165) is 10.9 Å². The molecule has 0 fully saturated rings. The standard InChI is InChI=1S/C14H16BrN3O2/c1-2-4-10(16)12-17-13(19)11(14(20)18-12)8-5-3-6-9(15)7-8/h3,5-7,10-11H,2,4,16H2,1H3,(H,17,18,19,20). The second kappa shape index (κ2) is 6.28. The van der Waals surface area contributed by atoms with Crippen molar-refractivity contribution in [1.82, 2.24) is 5.32 Å². The first-order chi connectivity index (χ1) is 9.52. The van der Waals surface area contributed by atoms with Crippen molar-refractivity contribution in [1.29, 1.82) is 0 Å². The molecule has 2 amide bonds. The molecule has 0 spiro atoms. The number of carbonyl (C=O) groups is 2. The minimum atomic E-state index is -0.898. The van der Waals surface area contributed by atoms with Crippen LogP contribution in [-0.4, -0.2) is 23.7 Å². The highest BCUT2D eigenvalue weighted by Gasteiger charge is 2.34. The molecule has 0 saturated carbocycles. The van der Waals surface area contributed by atoms with E-state index in [1.165, 1.54) is 0 Å². The number of amides is 2. The van der Waals surface area contributed by atoms with Crippen LogP contribution in [0.4, 0.5) is 0 Å². The van der Waals surface area contributed by atoms with Crippen molar-refractivity contribution in [2.45, 2.75) is 31.7 Å². The van der Waals surface area contributed by atoms with E-state index >= 15 is 0 Å². The highest BCUT2D eigenvalue weighted by atomic mass is 79.9. The molecule has 2 atom stereocenters. The van der Waals surface area contributed by atoms with Crippen LogP contribution in [0.3, 0.4) is 0 Å². The summed E-state index contributed by atoms with van der Waals surface area (Å²) in [7, 11) is 0. The summed E-state index contributed by atoms with van der Waals surface area (Å²) in [5.74, 6) is -1.46. The number of hydrogen-bond acceptors (Lipinski definition) is 3. The second-order valence-electron chi connectivity index (χ2n) is 4.71. The molecule has 3 N–H and O–H groups in total. The van der Waals surface area contributed by atoms with Crippen LogP contribution in [0.25, 0.3) is 0 Å². The maximum absolute atomic E-state index is 12.2. The molecule has 2 unspecified atom stereocenters. The molecule has 6 heteroatoms. The topological polar surface area (TPSA) is 84.5 Å². The zero-order valence-corrected chi connectivity index (χ0v) is 12.7. The first kappa shape index (κ1) is 14.9. The zero-order valence-electron chi connectivity index (χ0n) is 11.1. The van der Waals surface area contributed by atoms with Crippen LogP contribution >= 0.6 is 15.9 Å². The molecule has 1 aromatic rings. The SMILES string of the molecule is CCCC(N)C1=NC(=O)C(c2cccc(Br)c2)C(=O)N1. The molecule has 0 bridgehead atoms. The Morgan fingerprint density at radius 3 is 2.80 bits per heavy atom. The first-order valence-corrected chi connectivity index (χ1v) is 7.26. The summed E-state index contributed by atoms with van der Waals surface area (Å²) < 4.78 is 0.813. The largest absolute Gasteiger partial charge is 0.321 e. The Hall–Kier alpha value is -1.53. The van der Waals surface area contributed by atoms with Crippen LogP contribution in [0.5, 0.6) is 0 Å². The van der Waals surface area contributed by atoms with Gasteiger partial charge in [0.05, 0.1) is 6.04 Å². The second-order valence-corrected chi connectivity index (χ2v) is 5.62. The van der Waals surface area contributed by atoms with Crippen molar-refractivity contribution in [3.05, 3.63) is 34.3 Å². The Morgan fingerprint density at radius 1 is 1.45 bits per heavy atom. The van der Waals surface area contributed by atoms with Gasteiger partial charge in [0.15, 0.2) is 0 Å². The Kier molecular flexibility index (Phi) is 4.67. The number of halogens is 1. The predicted molar refractivity (Wildman–Crippen MR) is 80.4 cm³/mol. The van der Waals surface area contributed by atoms with Crippen LogP contribution in [0.1, 0.15) is 31.2 Å². The summed E-state index contributed by atoms with van der Waals surface area (Å²) in [4.78, 5) is 28.2. The lowest BCUT2D eigenvalue weighted by Crippen LogP contribution is -2.50. The van der Waals surface area contributed by atoms with Crippen molar-refractivity contribution in [3.63, 3.8) is 0 Å². The summed E-state index contributed by atoms with van der Waals surface area (Å²) in [6.45, 7) is 1.98. The maximum Gasteiger partial charge on any atom is 0.264 e. The molecule has 0 aliphatic carbocycles. The van der Waals surface area contributed by atoms with Gasteiger partial charge in [0.2, 0.25) is 5.91 Å². The van der Waals surface area contributed by atoms with Gasteiger partial charge in [-0.3, -0.25) is 9.59 Å². The molecule has 0 radical (unpaired) electrons. The number of aliphatic imine (C=N–C) groups is 1. The number of nitrogens with zero attached hydrogens (tertiary/aromatic N) is 1. The van der Waals surface area contributed by atoms with E-state index in [2.05, 4.69) is 26.2 Å². The fourth-order valence-electron chi connectivity index (χ4n) is 2.13. The van der Waals surface area contributed by atoms with E-state index in [1.54, 1.807) is 18.2 Å². The number of hydrogen-bond donors (Lipinski definition) is 2. The van der Waals surface area contributed by atoms with Gasteiger partial charge in [0.25, 0.3) is 5.91 Å². The minimum Gasteiger partial charge on any atom is -0.321 e. The number of nitrogens with two attached hydrogens (primary N) is 1. The highest BCUT2D eigenvalue weighted by molar-refractivity contribution is 9.10.